The van der Waals surface area contributed by atoms with Crippen LogP contribution in [0.4, 0.5) is 0 Å². The fourth-order valence-electron chi connectivity index (χ4n) is 2.51. The number of aryl methyl sites for hydroxylation is 2. The monoisotopic (exact) mass is 376 g/mol. The number of para-hydroxylation sites is 2. The molecule has 3 aromatic rings. The van der Waals surface area contributed by atoms with Gasteiger partial charge in [0.15, 0.2) is 16.7 Å². The molecule has 0 saturated heterocycles. The van der Waals surface area contributed by atoms with Crippen molar-refractivity contribution in [3.63, 3.8) is 0 Å². The van der Waals surface area contributed by atoms with Gasteiger partial charge in [-0.3, -0.25) is 9.36 Å². The van der Waals surface area contributed by atoms with E-state index in [1.807, 2.05) is 38.1 Å². The molecule has 7 heteroatoms. The topological polar surface area (TPSA) is 53.4 Å². The van der Waals surface area contributed by atoms with E-state index < -0.39 is 0 Å². The van der Waals surface area contributed by atoms with Crippen molar-refractivity contribution in [2.75, 3.05) is 19.5 Å². The van der Waals surface area contributed by atoms with Crippen molar-refractivity contribution in [2.24, 2.45) is 7.05 Å². The molecule has 0 aliphatic carbocycles. The third kappa shape index (κ3) is 3.52. The molecule has 0 radical (unpaired) electrons. The summed E-state index contributed by atoms with van der Waals surface area (Å²) in [5, 5.41) is 1.45. The van der Waals surface area contributed by atoms with Gasteiger partial charge in [-0.05, 0) is 31.5 Å². The van der Waals surface area contributed by atoms with Gasteiger partial charge in [-0.15, -0.1) is 11.3 Å². The van der Waals surface area contributed by atoms with Gasteiger partial charge in [-0.25, -0.2) is 4.98 Å². The number of fused-ring (bicyclic) bond motifs is 1. The minimum Gasteiger partial charge on any atom is -0.493 e. The molecular weight excluding hydrogens is 356 g/mol. The molecule has 0 atom stereocenters. The maximum Gasteiger partial charge on any atom is 0.262 e. The predicted octanol–water partition coefficient (Wildman–Crippen LogP) is 3.79. The Hall–Kier alpha value is -1.99. The fraction of sp³-hybridized carbons (Fsp3) is 0.333. The Morgan fingerprint density at radius 3 is 2.68 bits per heavy atom. The standard InChI is InChI=1S/C18H20N2O3S2/c1-11-12(2)25-16-15(11)17(21)20(3)18(19-16)24-10-9-23-14-8-6-5-7-13(14)22-4/h5-8H,9-10H2,1-4H3. The van der Waals surface area contributed by atoms with Crippen molar-refractivity contribution in [1.29, 1.82) is 0 Å². The number of thioether (sulfide) groups is 1. The number of aromatic nitrogens is 2. The van der Waals surface area contributed by atoms with Crippen LogP contribution in [0.5, 0.6) is 11.5 Å². The van der Waals surface area contributed by atoms with Crippen molar-refractivity contribution >= 4 is 33.3 Å². The lowest BCUT2D eigenvalue weighted by Gasteiger charge is -2.11. The Morgan fingerprint density at radius 1 is 1.24 bits per heavy atom. The van der Waals surface area contributed by atoms with Gasteiger partial charge in [0, 0.05) is 17.7 Å². The van der Waals surface area contributed by atoms with E-state index >= 15 is 0 Å². The van der Waals surface area contributed by atoms with Gasteiger partial charge in [0.05, 0.1) is 19.1 Å². The first-order valence-electron chi connectivity index (χ1n) is 7.88. The second kappa shape index (κ2) is 7.49. The first kappa shape index (κ1) is 17.8. The molecule has 0 N–H and O–H groups in total. The minimum atomic E-state index is 0.0139. The van der Waals surface area contributed by atoms with Gasteiger partial charge in [0.25, 0.3) is 5.56 Å². The molecule has 0 amide bonds. The van der Waals surface area contributed by atoms with E-state index in [0.717, 1.165) is 20.7 Å². The van der Waals surface area contributed by atoms with E-state index in [2.05, 4.69) is 4.98 Å². The molecule has 0 fully saturated rings. The Labute approximate surface area is 154 Å². The average Bonchev–Trinajstić information content (AvgIpc) is 2.90. The SMILES string of the molecule is COc1ccccc1OCCSc1nc2sc(C)c(C)c2c(=O)n1C. The highest BCUT2D eigenvalue weighted by Crippen LogP contribution is 2.29. The highest BCUT2D eigenvalue weighted by atomic mass is 32.2. The molecule has 5 nitrogen and oxygen atoms in total. The van der Waals surface area contributed by atoms with Crippen LogP contribution < -0.4 is 15.0 Å². The molecule has 3 rings (SSSR count). The first-order chi connectivity index (χ1) is 12.0. The van der Waals surface area contributed by atoms with Crippen molar-refractivity contribution in [3.8, 4) is 11.5 Å². The summed E-state index contributed by atoms with van der Waals surface area (Å²) >= 11 is 3.09. The number of hydrogen-bond acceptors (Lipinski definition) is 6. The van der Waals surface area contributed by atoms with Crippen molar-refractivity contribution < 1.29 is 9.47 Å². The quantitative estimate of drug-likeness (QED) is 0.372. The first-order valence-corrected chi connectivity index (χ1v) is 9.68. The lowest BCUT2D eigenvalue weighted by Crippen LogP contribution is -2.20. The van der Waals surface area contributed by atoms with Crippen LogP contribution in [0, 0.1) is 13.8 Å². The van der Waals surface area contributed by atoms with Gasteiger partial charge in [-0.2, -0.15) is 0 Å². The lowest BCUT2D eigenvalue weighted by atomic mass is 10.2. The van der Waals surface area contributed by atoms with Gasteiger partial charge in [0.2, 0.25) is 0 Å². The normalized spacial score (nSPS) is 11.0. The molecule has 2 heterocycles. The molecule has 0 saturated carbocycles. The highest BCUT2D eigenvalue weighted by molar-refractivity contribution is 7.99. The summed E-state index contributed by atoms with van der Waals surface area (Å²) in [4.78, 5) is 19.2. The van der Waals surface area contributed by atoms with E-state index in [9.17, 15) is 4.79 Å². The zero-order valence-electron chi connectivity index (χ0n) is 14.7. The van der Waals surface area contributed by atoms with Crippen LogP contribution >= 0.6 is 23.1 Å². The summed E-state index contributed by atoms with van der Waals surface area (Å²) in [6, 6.07) is 7.55. The van der Waals surface area contributed by atoms with E-state index in [0.29, 0.717) is 29.0 Å². The Kier molecular flexibility index (Phi) is 5.34. The highest BCUT2D eigenvalue weighted by Gasteiger charge is 2.14. The van der Waals surface area contributed by atoms with Crippen LogP contribution in [-0.4, -0.2) is 29.0 Å². The Morgan fingerprint density at radius 2 is 1.96 bits per heavy atom. The number of methoxy groups -OCH3 is 1. The Balaban J connectivity index is 1.71. The minimum absolute atomic E-state index is 0.0139. The van der Waals surface area contributed by atoms with Crippen molar-refractivity contribution in [1.82, 2.24) is 9.55 Å². The van der Waals surface area contributed by atoms with Gasteiger partial charge >= 0.3 is 0 Å². The molecule has 0 unspecified atom stereocenters. The molecular formula is C18H20N2O3S2. The van der Waals surface area contributed by atoms with Crippen LogP contribution in [0.15, 0.2) is 34.2 Å². The number of ether oxygens (including phenoxy) is 2. The predicted molar refractivity (Wildman–Crippen MR) is 104 cm³/mol. The zero-order valence-corrected chi connectivity index (χ0v) is 16.3. The maximum atomic E-state index is 12.6. The van der Waals surface area contributed by atoms with E-state index in [1.165, 1.54) is 11.8 Å². The number of benzene rings is 1. The van der Waals surface area contributed by atoms with E-state index in [-0.39, 0.29) is 5.56 Å². The van der Waals surface area contributed by atoms with Gasteiger partial charge < -0.3 is 9.47 Å². The second-order valence-electron chi connectivity index (χ2n) is 5.57. The van der Waals surface area contributed by atoms with E-state index in [4.69, 9.17) is 9.47 Å². The van der Waals surface area contributed by atoms with Crippen LogP contribution in [0.1, 0.15) is 10.4 Å². The average molecular weight is 377 g/mol. The maximum absolute atomic E-state index is 12.6. The van der Waals surface area contributed by atoms with Crippen LogP contribution in [0.2, 0.25) is 0 Å². The molecule has 0 spiro atoms. The summed E-state index contributed by atoms with van der Waals surface area (Å²) in [5.41, 5.74) is 1.05. The molecule has 0 aliphatic rings. The molecule has 0 bridgehead atoms. The number of thiophene rings is 1. The summed E-state index contributed by atoms with van der Waals surface area (Å²) in [6.45, 7) is 4.50. The zero-order chi connectivity index (χ0) is 18.0. The van der Waals surface area contributed by atoms with Crippen molar-refractivity contribution in [3.05, 3.63) is 45.1 Å². The molecule has 132 valence electrons. The summed E-state index contributed by atoms with van der Waals surface area (Å²) in [5.74, 6) is 2.11. The number of nitrogens with zero attached hydrogens (tertiary/aromatic N) is 2. The van der Waals surface area contributed by atoms with Gasteiger partial charge in [-0.1, -0.05) is 23.9 Å². The smallest absolute Gasteiger partial charge is 0.262 e. The number of rotatable bonds is 6. The summed E-state index contributed by atoms with van der Waals surface area (Å²) < 4.78 is 12.7. The second-order valence-corrected chi connectivity index (χ2v) is 7.83. The number of hydrogen-bond donors (Lipinski definition) is 0. The molecule has 25 heavy (non-hydrogen) atoms. The van der Waals surface area contributed by atoms with Crippen molar-refractivity contribution in [2.45, 2.75) is 19.0 Å². The molecule has 0 aliphatic heterocycles. The van der Waals surface area contributed by atoms with Crippen LogP contribution in [0.3, 0.4) is 0 Å². The van der Waals surface area contributed by atoms with Gasteiger partial charge in [0.1, 0.15) is 4.83 Å². The summed E-state index contributed by atoms with van der Waals surface area (Å²) in [7, 11) is 3.39. The molecule has 2 aromatic heterocycles. The molecule has 1 aromatic carbocycles. The largest absolute Gasteiger partial charge is 0.493 e. The third-order valence-corrected chi connectivity index (χ3v) is 6.11. The van der Waals surface area contributed by atoms with Crippen LogP contribution in [0.25, 0.3) is 10.2 Å². The lowest BCUT2D eigenvalue weighted by molar-refractivity contribution is 0.313. The fourth-order valence-corrected chi connectivity index (χ4v) is 4.37. The van der Waals surface area contributed by atoms with E-state index in [1.54, 1.807) is 30.1 Å². The Bertz CT molecular complexity index is 963. The third-order valence-electron chi connectivity index (χ3n) is 4.01. The summed E-state index contributed by atoms with van der Waals surface area (Å²) in [6.07, 6.45) is 0. The van der Waals surface area contributed by atoms with Crippen LogP contribution in [-0.2, 0) is 7.05 Å².